The average molecular weight is 336 g/mol. The molecule has 0 saturated heterocycles. The van der Waals surface area contributed by atoms with Gasteiger partial charge in [0.15, 0.2) is 5.82 Å². The molecule has 0 aliphatic heterocycles. The second kappa shape index (κ2) is 6.03. The van der Waals surface area contributed by atoms with Gasteiger partial charge in [-0.1, -0.05) is 17.3 Å². The summed E-state index contributed by atoms with van der Waals surface area (Å²) in [4.78, 5) is 6.56. The first-order valence-corrected chi connectivity index (χ1v) is 9.04. The number of rotatable bonds is 6. The van der Waals surface area contributed by atoms with E-state index in [9.17, 15) is 8.42 Å². The smallest absolute Gasteiger partial charge is 0.238 e. The van der Waals surface area contributed by atoms with E-state index in [1.807, 2.05) is 24.9 Å². The van der Waals surface area contributed by atoms with Gasteiger partial charge in [-0.3, -0.25) is 4.90 Å². The molecule has 1 aliphatic carbocycles. The van der Waals surface area contributed by atoms with E-state index in [-0.39, 0.29) is 10.9 Å². The van der Waals surface area contributed by atoms with Crippen molar-refractivity contribution >= 4 is 10.0 Å². The summed E-state index contributed by atoms with van der Waals surface area (Å²) in [5.41, 5.74) is 0.866. The molecule has 3 rings (SSSR count). The summed E-state index contributed by atoms with van der Waals surface area (Å²) in [6.07, 6.45) is 2.24. The van der Waals surface area contributed by atoms with Crippen LogP contribution in [-0.2, 0) is 16.6 Å². The second-order valence-electron chi connectivity index (χ2n) is 6.03. The van der Waals surface area contributed by atoms with Gasteiger partial charge in [0.05, 0.1) is 11.4 Å². The molecule has 1 fully saturated rings. The quantitative estimate of drug-likeness (QED) is 0.862. The zero-order valence-corrected chi connectivity index (χ0v) is 14.0. The molecular formula is C15H20N4O3S. The van der Waals surface area contributed by atoms with Gasteiger partial charge in [0.25, 0.3) is 0 Å². The molecule has 0 spiro atoms. The van der Waals surface area contributed by atoms with Gasteiger partial charge in [0.1, 0.15) is 0 Å². The Bertz CT molecular complexity index is 799. The first kappa shape index (κ1) is 16.1. The minimum Gasteiger partial charge on any atom is -0.339 e. The fraction of sp³-hybridized carbons (Fsp3) is 0.467. The van der Waals surface area contributed by atoms with E-state index in [4.69, 9.17) is 9.66 Å². The first-order valence-electron chi connectivity index (χ1n) is 7.50. The van der Waals surface area contributed by atoms with Crippen molar-refractivity contribution in [1.29, 1.82) is 0 Å². The Balaban J connectivity index is 1.72. The lowest BCUT2D eigenvalue weighted by molar-refractivity contribution is 0.242. The number of aromatic nitrogens is 2. The molecule has 124 valence electrons. The third-order valence-electron chi connectivity index (χ3n) is 4.13. The topological polar surface area (TPSA) is 102 Å². The van der Waals surface area contributed by atoms with Gasteiger partial charge in [-0.25, -0.2) is 13.6 Å². The van der Waals surface area contributed by atoms with Gasteiger partial charge in [-0.15, -0.1) is 0 Å². The van der Waals surface area contributed by atoms with Crippen molar-refractivity contribution in [2.24, 2.45) is 5.14 Å². The fourth-order valence-corrected chi connectivity index (χ4v) is 2.96. The van der Waals surface area contributed by atoms with Crippen molar-refractivity contribution in [3.8, 4) is 0 Å². The number of hydrogen-bond donors (Lipinski definition) is 1. The van der Waals surface area contributed by atoms with E-state index in [1.54, 1.807) is 12.1 Å². The molecule has 1 aromatic carbocycles. The third kappa shape index (κ3) is 3.77. The number of hydrogen-bond acceptors (Lipinski definition) is 6. The first-order chi connectivity index (χ1) is 10.8. The van der Waals surface area contributed by atoms with E-state index in [1.165, 1.54) is 6.07 Å². The van der Waals surface area contributed by atoms with E-state index in [0.717, 1.165) is 24.3 Å². The number of sulfonamides is 1. The molecule has 1 saturated carbocycles. The zero-order valence-electron chi connectivity index (χ0n) is 13.1. The van der Waals surface area contributed by atoms with Gasteiger partial charge in [-0.05, 0) is 44.5 Å². The lowest BCUT2D eigenvalue weighted by Gasteiger charge is -2.23. The molecule has 0 radical (unpaired) electrons. The minimum absolute atomic E-state index is 0.0143. The molecule has 1 atom stereocenters. The highest BCUT2D eigenvalue weighted by molar-refractivity contribution is 7.89. The molecule has 1 aromatic heterocycles. The van der Waals surface area contributed by atoms with Gasteiger partial charge < -0.3 is 4.52 Å². The summed E-state index contributed by atoms with van der Waals surface area (Å²) < 4.78 is 28.2. The normalized spacial score (nSPS) is 16.7. The predicted octanol–water partition coefficient (Wildman–Crippen LogP) is 1.79. The highest BCUT2D eigenvalue weighted by atomic mass is 32.2. The number of benzene rings is 1. The van der Waals surface area contributed by atoms with Crippen molar-refractivity contribution in [1.82, 2.24) is 15.0 Å². The maximum atomic E-state index is 11.5. The number of nitrogens with zero attached hydrogens (tertiary/aromatic N) is 3. The van der Waals surface area contributed by atoms with Crippen molar-refractivity contribution in [3.05, 3.63) is 41.5 Å². The maximum absolute atomic E-state index is 11.5. The van der Waals surface area contributed by atoms with E-state index in [2.05, 4.69) is 10.1 Å². The summed E-state index contributed by atoms with van der Waals surface area (Å²) in [6, 6.07) is 6.65. The molecule has 2 N–H and O–H groups in total. The average Bonchev–Trinajstić information content (AvgIpc) is 3.26. The Kier molecular flexibility index (Phi) is 4.22. The highest BCUT2D eigenvalue weighted by Gasteiger charge is 2.29. The van der Waals surface area contributed by atoms with Crippen molar-refractivity contribution in [2.75, 3.05) is 7.05 Å². The summed E-state index contributed by atoms with van der Waals surface area (Å²) in [5, 5.41) is 9.20. The fourth-order valence-electron chi connectivity index (χ4n) is 2.39. The van der Waals surface area contributed by atoms with Crippen LogP contribution in [0.25, 0.3) is 0 Å². The molecular weight excluding hydrogens is 316 g/mol. The Labute approximate surface area is 135 Å². The summed E-state index contributed by atoms with van der Waals surface area (Å²) in [6.45, 7) is 2.52. The van der Waals surface area contributed by atoms with Crippen LogP contribution in [-0.4, -0.2) is 30.5 Å². The summed E-state index contributed by atoms with van der Waals surface area (Å²) >= 11 is 0. The Morgan fingerprint density at radius 2 is 2.17 bits per heavy atom. The number of nitrogens with two attached hydrogens (primary N) is 1. The molecule has 8 heteroatoms. The van der Waals surface area contributed by atoms with E-state index < -0.39 is 10.0 Å². The van der Waals surface area contributed by atoms with Crippen LogP contribution in [0.3, 0.4) is 0 Å². The van der Waals surface area contributed by atoms with Crippen molar-refractivity contribution < 1.29 is 12.9 Å². The van der Waals surface area contributed by atoms with Crippen LogP contribution in [0, 0.1) is 0 Å². The SMILES string of the molecule is C[C@@H](c1cccc(S(N)(=O)=O)c1)N(C)Cc1noc(C2CC2)n1. The highest BCUT2D eigenvalue weighted by Crippen LogP contribution is 2.38. The standard InChI is InChI=1S/C15H20N4O3S/c1-10(12-4-3-5-13(8-12)23(16,20)21)19(2)9-14-17-15(22-18-14)11-6-7-11/h3-5,8,10-11H,6-7,9H2,1-2H3,(H2,16,20,21)/t10-/m0/s1. The van der Waals surface area contributed by atoms with Crippen LogP contribution >= 0.6 is 0 Å². The molecule has 23 heavy (non-hydrogen) atoms. The Morgan fingerprint density at radius 3 is 2.83 bits per heavy atom. The largest absolute Gasteiger partial charge is 0.339 e. The molecule has 7 nitrogen and oxygen atoms in total. The molecule has 0 unspecified atom stereocenters. The van der Waals surface area contributed by atoms with Gasteiger partial charge in [-0.2, -0.15) is 4.98 Å². The molecule has 1 heterocycles. The van der Waals surface area contributed by atoms with Crippen LogP contribution in [0.5, 0.6) is 0 Å². The maximum Gasteiger partial charge on any atom is 0.238 e. The second-order valence-corrected chi connectivity index (χ2v) is 7.59. The lowest BCUT2D eigenvalue weighted by atomic mass is 10.1. The summed E-state index contributed by atoms with van der Waals surface area (Å²) in [5.74, 6) is 1.80. The van der Waals surface area contributed by atoms with Gasteiger partial charge >= 0.3 is 0 Å². The molecule has 1 aliphatic rings. The van der Waals surface area contributed by atoms with Crippen LogP contribution in [0.2, 0.25) is 0 Å². The summed E-state index contributed by atoms with van der Waals surface area (Å²) in [7, 11) is -1.77. The molecule has 0 amide bonds. The monoisotopic (exact) mass is 336 g/mol. The Hall–Kier alpha value is -1.77. The Morgan fingerprint density at radius 1 is 1.43 bits per heavy atom. The molecule has 0 bridgehead atoms. The van der Waals surface area contributed by atoms with Crippen LogP contribution in [0.15, 0.2) is 33.7 Å². The van der Waals surface area contributed by atoms with E-state index in [0.29, 0.717) is 18.3 Å². The van der Waals surface area contributed by atoms with Gasteiger partial charge in [0, 0.05) is 12.0 Å². The van der Waals surface area contributed by atoms with Crippen LogP contribution < -0.4 is 5.14 Å². The predicted molar refractivity (Wildman–Crippen MR) is 84.0 cm³/mol. The third-order valence-corrected chi connectivity index (χ3v) is 5.04. The van der Waals surface area contributed by atoms with Crippen molar-refractivity contribution in [2.45, 2.75) is 43.2 Å². The van der Waals surface area contributed by atoms with Crippen LogP contribution in [0.4, 0.5) is 0 Å². The van der Waals surface area contributed by atoms with Gasteiger partial charge in [0.2, 0.25) is 15.9 Å². The van der Waals surface area contributed by atoms with Crippen LogP contribution in [0.1, 0.15) is 49.0 Å². The number of primary sulfonamides is 1. The zero-order chi connectivity index (χ0) is 16.6. The van der Waals surface area contributed by atoms with Crippen molar-refractivity contribution in [3.63, 3.8) is 0 Å². The minimum atomic E-state index is -3.70. The van der Waals surface area contributed by atoms with E-state index >= 15 is 0 Å². The molecule has 2 aromatic rings. The lowest BCUT2D eigenvalue weighted by Crippen LogP contribution is -2.23.